The zero-order chi connectivity index (χ0) is 55.7. The number of hydrogen-bond donors (Lipinski definition) is 3. The van der Waals surface area contributed by atoms with Gasteiger partial charge in [-0.1, -0.05) is 353 Å². The molecular formula is C71H139NO5. The van der Waals surface area contributed by atoms with E-state index in [9.17, 15) is 19.8 Å². The summed E-state index contributed by atoms with van der Waals surface area (Å²) < 4.78 is 5.51. The van der Waals surface area contributed by atoms with Crippen molar-refractivity contribution < 1.29 is 24.5 Å². The van der Waals surface area contributed by atoms with Gasteiger partial charge < -0.3 is 20.3 Å². The van der Waals surface area contributed by atoms with Crippen LogP contribution in [0.2, 0.25) is 0 Å². The van der Waals surface area contributed by atoms with Crippen LogP contribution in [-0.2, 0) is 14.3 Å². The van der Waals surface area contributed by atoms with Crippen LogP contribution in [-0.4, -0.2) is 47.4 Å². The summed E-state index contributed by atoms with van der Waals surface area (Å²) in [6.07, 6.45) is 82.6. The normalized spacial score (nSPS) is 12.5. The van der Waals surface area contributed by atoms with Crippen molar-refractivity contribution in [3.05, 3.63) is 12.2 Å². The molecule has 0 saturated heterocycles. The van der Waals surface area contributed by atoms with Crippen LogP contribution in [0, 0.1) is 0 Å². The number of carbonyl (C=O) groups is 2. The van der Waals surface area contributed by atoms with Gasteiger partial charge in [0.25, 0.3) is 0 Å². The molecule has 77 heavy (non-hydrogen) atoms. The number of ether oxygens (including phenoxy) is 1. The Morgan fingerprint density at radius 1 is 0.351 bits per heavy atom. The van der Waals surface area contributed by atoms with Crippen molar-refractivity contribution in [2.24, 2.45) is 0 Å². The lowest BCUT2D eigenvalue weighted by molar-refractivity contribution is -0.143. The summed E-state index contributed by atoms with van der Waals surface area (Å²) in [5, 5.41) is 23.4. The molecule has 0 saturated carbocycles. The standard InChI is InChI=1S/C71H139NO5/c1-3-5-7-9-11-13-15-17-19-21-33-37-41-45-49-53-57-61-65-71(76)77-66-62-58-54-50-46-42-38-34-30-28-26-24-22-23-25-27-29-32-36-40-44-48-52-56-60-64-70(75)72-68(67-73)69(74)63-59-55-51-47-43-39-35-31-20-18-16-14-12-10-8-6-4-2/h19,21,68-69,73-74H,3-18,20,22-67H2,1-2H3,(H,72,75)/b21-19-. The first-order chi connectivity index (χ1) is 38.0. The molecule has 0 aromatic heterocycles. The first kappa shape index (κ1) is 75.6. The zero-order valence-electron chi connectivity index (χ0n) is 52.5. The second-order valence-electron chi connectivity index (χ2n) is 24.6. The number of rotatable bonds is 67. The summed E-state index contributed by atoms with van der Waals surface area (Å²) >= 11 is 0. The van der Waals surface area contributed by atoms with Gasteiger partial charge >= 0.3 is 5.97 Å². The highest BCUT2D eigenvalue weighted by molar-refractivity contribution is 5.76. The summed E-state index contributed by atoms with van der Waals surface area (Å²) in [4.78, 5) is 24.6. The fourth-order valence-corrected chi connectivity index (χ4v) is 11.4. The molecule has 0 bridgehead atoms. The monoisotopic (exact) mass is 1090 g/mol. The molecule has 2 atom stereocenters. The summed E-state index contributed by atoms with van der Waals surface area (Å²) in [7, 11) is 0. The third kappa shape index (κ3) is 63.6. The highest BCUT2D eigenvalue weighted by Gasteiger charge is 2.20. The molecule has 0 radical (unpaired) electrons. The van der Waals surface area contributed by atoms with E-state index in [0.717, 1.165) is 44.9 Å². The summed E-state index contributed by atoms with van der Waals surface area (Å²) in [6, 6.07) is -0.540. The number of allylic oxidation sites excluding steroid dienone is 2. The zero-order valence-corrected chi connectivity index (χ0v) is 52.5. The van der Waals surface area contributed by atoms with Crippen molar-refractivity contribution in [3.8, 4) is 0 Å². The number of hydrogen-bond acceptors (Lipinski definition) is 5. The van der Waals surface area contributed by atoms with Gasteiger partial charge in [0, 0.05) is 12.8 Å². The molecule has 0 aliphatic heterocycles. The van der Waals surface area contributed by atoms with E-state index in [2.05, 4.69) is 31.3 Å². The topological polar surface area (TPSA) is 95.9 Å². The maximum absolute atomic E-state index is 12.5. The largest absolute Gasteiger partial charge is 0.466 e. The van der Waals surface area contributed by atoms with Gasteiger partial charge in [-0.05, 0) is 51.4 Å². The Morgan fingerprint density at radius 3 is 0.922 bits per heavy atom. The molecule has 3 N–H and O–H groups in total. The Hall–Kier alpha value is -1.40. The van der Waals surface area contributed by atoms with Gasteiger partial charge in [0.2, 0.25) is 5.91 Å². The van der Waals surface area contributed by atoms with Crippen LogP contribution in [0.5, 0.6) is 0 Å². The Balaban J connectivity index is 3.34. The molecule has 458 valence electrons. The lowest BCUT2D eigenvalue weighted by Crippen LogP contribution is -2.45. The van der Waals surface area contributed by atoms with E-state index in [1.54, 1.807) is 0 Å². The van der Waals surface area contributed by atoms with Gasteiger partial charge in [-0.3, -0.25) is 9.59 Å². The quantitative estimate of drug-likeness (QED) is 0.0320. The van der Waals surface area contributed by atoms with Crippen molar-refractivity contribution in [2.75, 3.05) is 13.2 Å². The second kappa shape index (κ2) is 67.1. The number of aliphatic hydroxyl groups excluding tert-OH is 2. The number of amides is 1. The van der Waals surface area contributed by atoms with Crippen molar-refractivity contribution in [1.29, 1.82) is 0 Å². The van der Waals surface area contributed by atoms with Crippen LogP contribution in [0.3, 0.4) is 0 Å². The van der Waals surface area contributed by atoms with Crippen molar-refractivity contribution in [3.63, 3.8) is 0 Å². The lowest BCUT2D eigenvalue weighted by Gasteiger charge is -2.22. The number of unbranched alkanes of at least 4 members (excludes halogenated alkanes) is 54. The highest BCUT2D eigenvalue weighted by atomic mass is 16.5. The second-order valence-corrected chi connectivity index (χ2v) is 24.6. The molecule has 0 rings (SSSR count). The number of esters is 1. The van der Waals surface area contributed by atoms with Crippen molar-refractivity contribution in [1.82, 2.24) is 5.32 Å². The van der Waals surface area contributed by atoms with Crippen molar-refractivity contribution in [2.45, 2.75) is 418 Å². The molecule has 1 amide bonds. The molecule has 6 heteroatoms. The van der Waals surface area contributed by atoms with Crippen molar-refractivity contribution >= 4 is 11.9 Å². The minimum absolute atomic E-state index is 0.0147. The fourth-order valence-electron chi connectivity index (χ4n) is 11.4. The fraction of sp³-hybridized carbons (Fsp3) is 0.944. The van der Waals surface area contributed by atoms with Crippen LogP contribution < -0.4 is 5.32 Å². The van der Waals surface area contributed by atoms with Gasteiger partial charge in [0.05, 0.1) is 25.4 Å². The Morgan fingerprint density at radius 2 is 0.610 bits per heavy atom. The molecular weight excluding hydrogens is 947 g/mol. The molecule has 2 unspecified atom stereocenters. The molecule has 0 spiro atoms. The average molecular weight is 1090 g/mol. The predicted octanol–water partition coefficient (Wildman–Crippen LogP) is 22.8. The van der Waals surface area contributed by atoms with Gasteiger partial charge in [-0.2, -0.15) is 0 Å². The number of nitrogens with one attached hydrogen (secondary N) is 1. The van der Waals surface area contributed by atoms with Crippen LogP contribution >= 0.6 is 0 Å². The Bertz CT molecular complexity index is 1160. The maximum Gasteiger partial charge on any atom is 0.305 e. The minimum Gasteiger partial charge on any atom is -0.466 e. The first-order valence-corrected chi connectivity index (χ1v) is 35.4. The van der Waals surface area contributed by atoms with E-state index in [4.69, 9.17) is 4.74 Å². The van der Waals surface area contributed by atoms with E-state index in [1.807, 2.05) is 0 Å². The van der Waals surface area contributed by atoms with Gasteiger partial charge in [-0.15, -0.1) is 0 Å². The Kier molecular flexibility index (Phi) is 65.9. The molecule has 0 aromatic rings. The third-order valence-corrected chi connectivity index (χ3v) is 16.8. The van der Waals surface area contributed by atoms with Gasteiger partial charge in [0.1, 0.15) is 0 Å². The smallest absolute Gasteiger partial charge is 0.305 e. The molecule has 0 aromatic carbocycles. The van der Waals surface area contributed by atoms with Gasteiger partial charge in [0.15, 0.2) is 0 Å². The summed E-state index contributed by atoms with van der Waals surface area (Å²) in [5.41, 5.74) is 0. The van der Waals surface area contributed by atoms with E-state index in [-0.39, 0.29) is 18.5 Å². The summed E-state index contributed by atoms with van der Waals surface area (Å²) in [5.74, 6) is -0.0146. The van der Waals surface area contributed by atoms with E-state index < -0.39 is 12.1 Å². The molecule has 0 fully saturated rings. The molecule has 0 heterocycles. The van der Waals surface area contributed by atoms with E-state index in [1.165, 1.54) is 327 Å². The Labute approximate surface area is 482 Å². The number of carbonyl (C=O) groups excluding carboxylic acids is 2. The maximum atomic E-state index is 12.5. The minimum atomic E-state index is -0.663. The molecule has 0 aliphatic carbocycles. The average Bonchev–Trinajstić information content (AvgIpc) is 3.43. The molecule has 0 aliphatic rings. The van der Waals surface area contributed by atoms with E-state index >= 15 is 0 Å². The lowest BCUT2D eigenvalue weighted by atomic mass is 10.0. The van der Waals surface area contributed by atoms with Crippen LogP contribution in [0.1, 0.15) is 406 Å². The van der Waals surface area contributed by atoms with Crippen LogP contribution in [0.15, 0.2) is 12.2 Å². The predicted molar refractivity (Wildman–Crippen MR) is 338 cm³/mol. The van der Waals surface area contributed by atoms with Gasteiger partial charge in [-0.25, -0.2) is 0 Å². The summed E-state index contributed by atoms with van der Waals surface area (Å²) in [6.45, 7) is 4.99. The third-order valence-electron chi connectivity index (χ3n) is 16.8. The highest BCUT2D eigenvalue weighted by Crippen LogP contribution is 2.19. The SMILES string of the molecule is CCCCCCCCC/C=C\CCCCCCCCCC(=O)OCCCCCCCCCCCCCCCCCCCCCCCCCCCC(=O)NC(CO)C(O)CCCCCCCCCCCCCCCCCCC. The van der Waals surface area contributed by atoms with Crippen LogP contribution in [0.4, 0.5) is 0 Å². The van der Waals surface area contributed by atoms with E-state index in [0.29, 0.717) is 25.9 Å². The number of aliphatic hydroxyl groups is 2. The first-order valence-electron chi connectivity index (χ1n) is 35.4. The van der Waals surface area contributed by atoms with Crippen LogP contribution in [0.25, 0.3) is 0 Å². The molecule has 6 nitrogen and oxygen atoms in total.